The molecule has 0 aliphatic rings. The van der Waals surface area contributed by atoms with Crippen molar-refractivity contribution in [2.45, 2.75) is 46.8 Å². The molecule has 1 aromatic heterocycles. The third-order valence-corrected chi connectivity index (χ3v) is 5.42. The van der Waals surface area contributed by atoms with Crippen molar-refractivity contribution in [2.75, 3.05) is 0 Å². The van der Waals surface area contributed by atoms with Crippen molar-refractivity contribution in [1.29, 1.82) is 0 Å². The van der Waals surface area contributed by atoms with Gasteiger partial charge in [-0.3, -0.25) is 0 Å². The lowest BCUT2D eigenvalue weighted by atomic mass is 10.1. The first kappa shape index (κ1) is 20.8. The zero-order valence-corrected chi connectivity index (χ0v) is 17.1. The predicted octanol–water partition coefficient (Wildman–Crippen LogP) is 4.84. The van der Waals surface area contributed by atoms with Gasteiger partial charge in [-0.15, -0.1) is 0 Å². The minimum absolute atomic E-state index is 0.292. The lowest BCUT2D eigenvalue weighted by Crippen LogP contribution is -2.15. The number of halogens is 1. The number of nitrogens with one attached hydrogen (secondary N) is 1. The molecule has 29 heavy (non-hydrogen) atoms. The third kappa shape index (κ3) is 4.74. The van der Waals surface area contributed by atoms with Crippen molar-refractivity contribution in [1.82, 2.24) is 9.88 Å². The topological polar surface area (TPSA) is 54.3 Å². The average molecular weight is 394 g/mol. The number of carboxylic acids is 1. The third-order valence-electron chi connectivity index (χ3n) is 5.42. The molecule has 152 valence electrons. The van der Waals surface area contributed by atoms with E-state index in [9.17, 15) is 14.3 Å². The van der Waals surface area contributed by atoms with E-state index in [1.54, 1.807) is 6.07 Å². The zero-order valence-electron chi connectivity index (χ0n) is 17.1. The van der Waals surface area contributed by atoms with E-state index in [2.05, 4.69) is 36.5 Å². The quantitative estimate of drug-likeness (QED) is 0.575. The van der Waals surface area contributed by atoms with Gasteiger partial charge < -0.3 is 15.0 Å². The van der Waals surface area contributed by atoms with E-state index in [-0.39, 0.29) is 5.82 Å². The van der Waals surface area contributed by atoms with Crippen LogP contribution in [0, 0.1) is 19.7 Å². The molecule has 0 aliphatic heterocycles. The first-order valence-corrected chi connectivity index (χ1v) is 9.85. The number of aryl methyl sites for hydroxylation is 1. The Morgan fingerprint density at radius 2 is 1.69 bits per heavy atom. The van der Waals surface area contributed by atoms with Crippen LogP contribution in [0.4, 0.5) is 4.39 Å². The van der Waals surface area contributed by atoms with Crippen LogP contribution in [0.2, 0.25) is 0 Å². The molecule has 1 heterocycles. The van der Waals surface area contributed by atoms with Gasteiger partial charge in [0.1, 0.15) is 5.82 Å². The molecule has 0 aliphatic carbocycles. The van der Waals surface area contributed by atoms with Gasteiger partial charge in [0.2, 0.25) is 0 Å². The van der Waals surface area contributed by atoms with Crippen LogP contribution in [-0.2, 0) is 26.1 Å². The Labute approximate surface area is 171 Å². The standard InChI is InChI=1S/C24H27FN2O2/c1-4-18-8-10-19(11-9-18)13-26-14-22-16(2)27(17(3)23(22)24(28)29)15-20-6-5-7-21(25)12-20/h5-12,26H,4,13-15H2,1-3H3,(H,28,29). The molecule has 0 spiro atoms. The normalized spacial score (nSPS) is 11.0. The van der Waals surface area contributed by atoms with Crippen LogP contribution in [0.1, 0.15) is 50.9 Å². The first-order valence-electron chi connectivity index (χ1n) is 9.85. The number of aromatic nitrogens is 1. The second kappa shape index (κ2) is 9.05. The maximum absolute atomic E-state index is 13.5. The summed E-state index contributed by atoms with van der Waals surface area (Å²) in [4.78, 5) is 11.9. The zero-order chi connectivity index (χ0) is 21.0. The number of carboxylic acid groups (broad SMARTS) is 1. The van der Waals surface area contributed by atoms with Gasteiger partial charge in [0, 0.05) is 36.6 Å². The maximum Gasteiger partial charge on any atom is 0.337 e. The molecule has 3 rings (SSSR count). The van der Waals surface area contributed by atoms with Crippen molar-refractivity contribution >= 4 is 5.97 Å². The largest absolute Gasteiger partial charge is 0.478 e. The van der Waals surface area contributed by atoms with Crippen molar-refractivity contribution in [3.63, 3.8) is 0 Å². The Morgan fingerprint density at radius 1 is 1.00 bits per heavy atom. The fraction of sp³-hybridized carbons (Fsp3) is 0.292. The van der Waals surface area contributed by atoms with Crippen LogP contribution in [-0.4, -0.2) is 15.6 Å². The van der Waals surface area contributed by atoms with E-state index in [1.165, 1.54) is 17.7 Å². The molecular weight excluding hydrogens is 367 g/mol. The van der Waals surface area contributed by atoms with Gasteiger partial charge in [-0.25, -0.2) is 9.18 Å². The van der Waals surface area contributed by atoms with E-state index in [1.807, 2.05) is 24.5 Å². The lowest BCUT2D eigenvalue weighted by Gasteiger charge is -2.11. The highest BCUT2D eigenvalue weighted by Gasteiger charge is 2.22. The van der Waals surface area contributed by atoms with Gasteiger partial charge in [-0.05, 0) is 49.1 Å². The number of carbonyl (C=O) groups is 1. The van der Waals surface area contributed by atoms with E-state index < -0.39 is 5.97 Å². The Kier molecular flexibility index (Phi) is 6.49. The summed E-state index contributed by atoms with van der Waals surface area (Å²) in [7, 11) is 0. The molecule has 3 aromatic rings. The SMILES string of the molecule is CCc1ccc(CNCc2c(C(=O)O)c(C)n(Cc3cccc(F)c3)c2C)cc1. The monoisotopic (exact) mass is 394 g/mol. The Balaban J connectivity index is 1.80. The fourth-order valence-corrected chi connectivity index (χ4v) is 3.73. The summed E-state index contributed by atoms with van der Waals surface area (Å²) in [6, 6.07) is 14.8. The summed E-state index contributed by atoms with van der Waals surface area (Å²) in [5, 5.41) is 13.1. The maximum atomic E-state index is 13.5. The molecule has 5 heteroatoms. The van der Waals surface area contributed by atoms with Crippen LogP contribution in [0.15, 0.2) is 48.5 Å². The van der Waals surface area contributed by atoms with Crippen molar-refractivity contribution < 1.29 is 14.3 Å². The van der Waals surface area contributed by atoms with E-state index in [0.717, 1.165) is 28.8 Å². The summed E-state index contributed by atoms with van der Waals surface area (Å²) in [6.45, 7) is 7.42. The molecule has 2 N–H and O–H groups in total. The summed E-state index contributed by atoms with van der Waals surface area (Å²) >= 11 is 0. The molecule has 4 nitrogen and oxygen atoms in total. The summed E-state index contributed by atoms with van der Waals surface area (Å²) in [5.74, 6) is -1.23. The van der Waals surface area contributed by atoms with Gasteiger partial charge in [0.15, 0.2) is 0 Å². The molecule has 0 fully saturated rings. The molecule has 0 atom stereocenters. The molecule has 0 unspecified atom stereocenters. The molecular formula is C24H27FN2O2. The van der Waals surface area contributed by atoms with Crippen LogP contribution >= 0.6 is 0 Å². The molecule has 0 bridgehead atoms. The highest BCUT2D eigenvalue weighted by molar-refractivity contribution is 5.91. The molecule has 0 saturated carbocycles. The van der Waals surface area contributed by atoms with Crippen molar-refractivity contribution in [3.8, 4) is 0 Å². The summed E-state index contributed by atoms with van der Waals surface area (Å²) in [6.07, 6.45) is 1.01. The number of nitrogens with zero attached hydrogens (tertiary/aromatic N) is 1. The van der Waals surface area contributed by atoms with Gasteiger partial charge in [0.25, 0.3) is 0 Å². The summed E-state index contributed by atoms with van der Waals surface area (Å²) < 4.78 is 15.5. The average Bonchev–Trinajstić information content (AvgIpc) is 2.93. The van der Waals surface area contributed by atoms with E-state index in [4.69, 9.17) is 0 Å². The predicted molar refractivity (Wildman–Crippen MR) is 113 cm³/mol. The second-order valence-electron chi connectivity index (χ2n) is 7.32. The second-order valence-corrected chi connectivity index (χ2v) is 7.32. The Hall–Kier alpha value is -2.92. The van der Waals surface area contributed by atoms with E-state index in [0.29, 0.717) is 30.9 Å². The summed E-state index contributed by atoms with van der Waals surface area (Å²) in [5.41, 5.74) is 5.93. The van der Waals surface area contributed by atoms with Crippen LogP contribution < -0.4 is 5.32 Å². The van der Waals surface area contributed by atoms with Gasteiger partial charge >= 0.3 is 5.97 Å². The molecule has 2 aromatic carbocycles. The minimum Gasteiger partial charge on any atom is -0.478 e. The number of hydrogen-bond donors (Lipinski definition) is 2. The molecule has 0 radical (unpaired) electrons. The number of benzene rings is 2. The van der Waals surface area contributed by atoms with Crippen LogP contribution in [0.5, 0.6) is 0 Å². The number of rotatable bonds is 8. The van der Waals surface area contributed by atoms with Crippen LogP contribution in [0.25, 0.3) is 0 Å². The van der Waals surface area contributed by atoms with E-state index >= 15 is 0 Å². The van der Waals surface area contributed by atoms with Crippen molar-refractivity contribution in [3.05, 3.63) is 93.6 Å². The van der Waals surface area contributed by atoms with Gasteiger partial charge in [0.05, 0.1) is 5.56 Å². The molecule has 0 amide bonds. The molecule has 0 saturated heterocycles. The van der Waals surface area contributed by atoms with Crippen molar-refractivity contribution in [2.24, 2.45) is 0 Å². The Morgan fingerprint density at radius 3 is 2.31 bits per heavy atom. The highest BCUT2D eigenvalue weighted by atomic mass is 19.1. The van der Waals surface area contributed by atoms with Crippen LogP contribution in [0.3, 0.4) is 0 Å². The minimum atomic E-state index is -0.937. The van der Waals surface area contributed by atoms with Gasteiger partial charge in [-0.1, -0.05) is 43.3 Å². The number of hydrogen-bond acceptors (Lipinski definition) is 2. The number of aromatic carboxylic acids is 1. The highest BCUT2D eigenvalue weighted by Crippen LogP contribution is 2.24. The Bertz CT molecular complexity index is 1010. The van der Waals surface area contributed by atoms with Gasteiger partial charge in [-0.2, -0.15) is 0 Å². The fourth-order valence-electron chi connectivity index (χ4n) is 3.73. The first-order chi connectivity index (χ1) is 13.9. The lowest BCUT2D eigenvalue weighted by molar-refractivity contribution is 0.0694. The smallest absolute Gasteiger partial charge is 0.337 e.